The maximum atomic E-state index is 11.1. The first-order valence-electron chi connectivity index (χ1n) is 7.21. The van der Waals surface area contributed by atoms with Crippen LogP contribution < -0.4 is 10.6 Å². The fourth-order valence-electron chi connectivity index (χ4n) is 3.36. The minimum absolute atomic E-state index is 0.106. The van der Waals surface area contributed by atoms with Crippen molar-refractivity contribution < 1.29 is 4.79 Å². The van der Waals surface area contributed by atoms with Gasteiger partial charge in [-0.1, -0.05) is 11.6 Å². The molecule has 2 saturated heterocycles. The van der Waals surface area contributed by atoms with E-state index in [0.29, 0.717) is 22.8 Å². The number of rotatable bonds is 3. The summed E-state index contributed by atoms with van der Waals surface area (Å²) in [7, 11) is 0. The Morgan fingerprint density at radius 3 is 2.95 bits per heavy atom. The molecule has 2 atom stereocenters. The third-order valence-corrected chi connectivity index (χ3v) is 4.55. The van der Waals surface area contributed by atoms with Gasteiger partial charge in [-0.3, -0.25) is 9.69 Å². The molecule has 20 heavy (non-hydrogen) atoms. The molecular formula is C15H20ClN3O. The first-order valence-corrected chi connectivity index (χ1v) is 7.59. The van der Waals surface area contributed by atoms with Crippen LogP contribution in [0.15, 0.2) is 18.2 Å². The highest BCUT2D eigenvalue weighted by Crippen LogP contribution is 2.32. The van der Waals surface area contributed by atoms with Crippen molar-refractivity contribution in [1.29, 1.82) is 0 Å². The number of amides is 1. The van der Waals surface area contributed by atoms with E-state index in [1.54, 1.807) is 0 Å². The van der Waals surface area contributed by atoms with E-state index in [1.165, 1.54) is 39.3 Å². The average Bonchev–Trinajstić information content (AvgIpc) is 2.97. The number of carbonyl (C=O) groups excluding carboxylic acids is 1. The van der Waals surface area contributed by atoms with Gasteiger partial charge in [0, 0.05) is 31.2 Å². The number of hydrogen-bond acceptors (Lipinski definition) is 3. The zero-order valence-corrected chi connectivity index (χ0v) is 12.4. The first kappa shape index (κ1) is 13.7. The second-order valence-electron chi connectivity index (χ2n) is 5.66. The van der Waals surface area contributed by atoms with E-state index in [9.17, 15) is 4.79 Å². The summed E-state index contributed by atoms with van der Waals surface area (Å²) in [6, 6.07) is 6.91. The number of carbonyl (C=O) groups is 1. The Kier molecular flexibility index (Phi) is 3.85. The van der Waals surface area contributed by atoms with Gasteiger partial charge in [-0.2, -0.15) is 0 Å². The molecule has 0 spiro atoms. The molecule has 5 heteroatoms. The van der Waals surface area contributed by atoms with Crippen LogP contribution in [0.5, 0.6) is 0 Å². The van der Waals surface area contributed by atoms with E-state index < -0.39 is 0 Å². The maximum Gasteiger partial charge on any atom is 0.221 e. The molecule has 1 aromatic carbocycles. The Bertz CT molecular complexity index is 520. The minimum Gasteiger partial charge on any atom is -0.381 e. The molecule has 2 aliphatic rings. The summed E-state index contributed by atoms with van der Waals surface area (Å²) in [4.78, 5) is 13.6. The summed E-state index contributed by atoms with van der Waals surface area (Å²) < 4.78 is 0. The standard InChI is InChI=1S/C15H20ClN3O/c1-10(20)17-13-5-4-11(9-12(13)16)18-14-6-8-19-7-2-3-15(14)19/h4-5,9,14-15,18H,2-3,6-8H2,1H3,(H,17,20). The molecule has 0 aromatic heterocycles. The van der Waals surface area contributed by atoms with E-state index in [4.69, 9.17) is 11.6 Å². The lowest BCUT2D eigenvalue weighted by Crippen LogP contribution is -2.33. The van der Waals surface area contributed by atoms with Crippen molar-refractivity contribution in [3.05, 3.63) is 23.2 Å². The van der Waals surface area contributed by atoms with E-state index in [-0.39, 0.29) is 5.91 Å². The Hall–Kier alpha value is -1.26. The van der Waals surface area contributed by atoms with Gasteiger partial charge in [-0.25, -0.2) is 0 Å². The predicted molar refractivity (Wildman–Crippen MR) is 82.4 cm³/mol. The van der Waals surface area contributed by atoms with Gasteiger partial charge in [-0.15, -0.1) is 0 Å². The lowest BCUT2D eigenvalue weighted by Gasteiger charge is -2.22. The van der Waals surface area contributed by atoms with Gasteiger partial charge in [0.25, 0.3) is 0 Å². The quantitative estimate of drug-likeness (QED) is 0.900. The molecule has 0 radical (unpaired) electrons. The molecule has 2 aliphatic heterocycles. The fraction of sp³-hybridized carbons (Fsp3) is 0.533. The van der Waals surface area contributed by atoms with Crippen molar-refractivity contribution in [1.82, 2.24) is 4.90 Å². The van der Waals surface area contributed by atoms with E-state index in [2.05, 4.69) is 15.5 Å². The van der Waals surface area contributed by atoms with Gasteiger partial charge in [0.1, 0.15) is 0 Å². The number of hydrogen-bond donors (Lipinski definition) is 2. The number of anilines is 2. The van der Waals surface area contributed by atoms with Crippen LogP contribution in [0.25, 0.3) is 0 Å². The van der Waals surface area contributed by atoms with Crippen molar-refractivity contribution in [3.63, 3.8) is 0 Å². The summed E-state index contributed by atoms with van der Waals surface area (Å²) in [5.41, 5.74) is 1.70. The van der Waals surface area contributed by atoms with Gasteiger partial charge in [0.2, 0.25) is 5.91 Å². The van der Waals surface area contributed by atoms with Crippen molar-refractivity contribution >= 4 is 28.9 Å². The summed E-state index contributed by atoms with van der Waals surface area (Å²) in [5.74, 6) is -0.106. The molecule has 2 N–H and O–H groups in total. The Labute approximate surface area is 124 Å². The number of nitrogens with zero attached hydrogens (tertiary/aromatic N) is 1. The zero-order chi connectivity index (χ0) is 14.1. The molecule has 3 rings (SSSR count). The lowest BCUT2D eigenvalue weighted by atomic mass is 10.1. The fourth-order valence-corrected chi connectivity index (χ4v) is 3.59. The van der Waals surface area contributed by atoms with Crippen LogP contribution in [0.1, 0.15) is 26.2 Å². The van der Waals surface area contributed by atoms with Crippen molar-refractivity contribution in [2.45, 2.75) is 38.3 Å². The average molecular weight is 294 g/mol. The first-order chi connectivity index (χ1) is 9.63. The van der Waals surface area contributed by atoms with Gasteiger partial charge in [-0.05, 0) is 44.0 Å². The molecule has 108 valence electrons. The summed E-state index contributed by atoms with van der Waals surface area (Å²) in [5, 5.41) is 6.89. The zero-order valence-electron chi connectivity index (χ0n) is 11.7. The molecule has 1 aromatic rings. The number of nitrogens with one attached hydrogen (secondary N) is 2. The second kappa shape index (κ2) is 5.62. The van der Waals surface area contributed by atoms with Crippen molar-refractivity contribution in [2.24, 2.45) is 0 Å². The van der Waals surface area contributed by atoms with E-state index in [1.807, 2.05) is 18.2 Å². The molecule has 0 bridgehead atoms. The lowest BCUT2D eigenvalue weighted by molar-refractivity contribution is -0.114. The minimum atomic E-state index is -0.106. The highest BCUT2D eigenvalue weighted by Gasteiger charge is 2.36. The smallest absolute Gasteiger partial charge is 0.221 e. The number of fused-ring (bicyclic) bond motifs is 1. The van der Waals surface area contributed by atoms with Crippen LogP contribution >= 0.6 is 11.6 Å². The van der Waals surface area contributed by atoms with Crippen LogP contribution in [-0.2, 0) is 4.79 Å². The monoisotopic (exact) mass is 293 g/mol. The molecular weight excluding hydrogens is 274 g/mol. The molecule has 2 fully saturated rings. The molecule has 0 aliphatic carbocycles. The van der Waals surface area contributed by atoms with Gasteiger partial charge in [0.05, 0.1) is 10.7 Å². The summed E-state index contributed by atoms with van der Waals surface area (Å²) in [6.07, 6.45) is 3.79. The normalized spacial score (nSPS) is 25.5. The summed E-state index contributed by atoms with van der Waals surface area (Å²) in [6.45, 7) is 3.92. The number of halogens is 1. The molecule has 1 amide bonds. The van der Waals surface area contributed by atoms with Crippen LogP contribution in [0.3, 0.4) is 0 Å². The highest BCUT2D eigenvalue weighted by molar-refractivity contribution is 6.34. The topological polar surface area (TPSA) is 44.4 Å². The maximum absolute atomic E-state index is 11.1. The highest BCUT2D eigenvalue weighted by atomic mass is 35.5. The van der Waals surface area contributed by atoms with Crippen molar-refractivity contribution in [2.75, 3.05) is 23.7 Å². The Balaban J connectivity index is 1.69. The molecule has 0 saturated carbocycles. The van der Waals surface area contributed by atoms with Crippen LogP contribution in [0.2, 0.25) is 5.02 Å². The SMILES string of the molecule is CC(=O)Nc1ccc(NC2CCN3CCCC23)cc1Cl. The van der Waals surface area contributed by atoms with Gasteiger partial charge in [0.15, 0.2) is 0 Å². The van der Waals surface area contributed by atoms with Gasteiger partial charge >= 0.3 is 0 Å². The molecule has 2 heterocycles. The van der Waals surface area contributed by atoms with Gasteiger partial charge < -0.3 is 10.6 Å². The largest absolute Gasteiger partial charge is 0.381 e. The third kappa shape index (κ3) is 2.76. The van der Waals surface area contributed by atoms with Crippen LogP contribution in [0.4, 0.5) is 11.4 Å². The third-order valence-electron chi connectivity index (χ3n) is 4.24. The summed E-state index contributed by atoms with van der Waals surface area (Å²) >= 11 is 6.21. The number of benzene rings is 1. The van der Waals surface area contributed by atoms with E-state index >= 15 is 0 Å². The van der Waals surface area contributed by atoms with E-state index in [0.717, 1.165) is 5.69 Å². The molecule has 4 nitrogen and oxygen atoms in total. The second-order valence-corrected chi connectivity index (χ2v) is 6.07. The van der Waals surface area contributed by atoms with Crippen LogP contribution in [0, 0.1) is 0 Å². The molecule has 2 unspecified atom stereocenters. The predicted octanol–water partition coefficient (Wildman–Crippen LogP) is 2.95. The van der Waals surface area contributed by atoms with Crippen molar-refractivity contribution in [3.8, 4) is 0 Å². The van der Waals surface area contributed by atoms with Crippen LogP contribution in [-0.4, -0.2) is 36.0 Å². The Morgan fingerprint density at radius 1 is 1.35 bits per heavy atom. The Morgan fingerprint density at radius 2 is 2.20 bits per heavy atom.